The molecule has 0 amide bonds. The first-order chi connectivity index (χ1) is 7.88. The number of nitrogens with two attached hydrogens (primary N) is 1. The maximum Gasteiger partial charge on any atom is 0.240 e. The third kappa shape index (κ3) is 1.30. The molecular weight excluding hydrogens is 206 g/mol. The van der Waals surface area contributed by atoms with Crippen LogP contribution >= 0.6 is 0 Å². The molecule has 0 saturated heterocycles. The molecule has 5 heteroatoms. The van der Waals surface area contributed by atoms with Crippen LogP contribution in [0.3, 0.4) is 0 Å². The van der Waals surface area contributed by atoms with Crippen molar-refractivity contribution in [2.24, 2.45) is 5.73 Å². The van der Waals surface area contributed by atoms with Crippen LogP contribution in [0.4, 0.5) is 0 Å². The minimum Gasteiger partial charge on any atom is -0.464 e. The molecule has 5 nitrogen and oxygen atoms in total. The molecule has 0 radical (unpaired) electrons. The summed E-state index contributed by atoms with van der Waals surface area (Å²) in [6.45, 7) is 0.237. The zero-order chi connectivity index (χ0) is 11.0. The molecule has 0 aliphatic heterocycles. The number of fused-ring (bicyclic) bond motifs is 1. The van der Waals surface area contributed by atoms with Crippen molar-refractivity contribution >= 4 is 11.0 Å². The molecule has 0 unspecified atom stereocenters. The van der Waals surface area contributed by atoms with E-state index in [1.165, 1.54) is 0 Å². The Morgan fingerprint density at radius 3 is 3.00 bits per heavy atom. The topological polar surface area (TPSA) is 78.1 Å². The molecule has 0 fully saturated rings. The third-order valence-electron chi connectivity index (χ3n) is 2.36. The lowest BCUT2D eigenvalue weighted by Crippen LogP contribution is -1.95. The van der Waals surface area contributed by atoms with Gasteiger partial charge in [0.25, 0.3) is 0 Å². The van der Waals surface area contributed by atoms with Crippen molar-refractivity contribution in [1.82, 2.24) is 10.1 Å². The van der Waals surface area contributed by atoms with Crippen molar-refractivity contribution in [3.05, 3.63) is 36.4 Å². The summed E-state index contributed by atoms with van der Waals surface area (Å²) in [6, 6.07) is 7.66. The molecule has 0 aliphatic rings. The smallest absolute Gasteiger partial charge is 0.240 e. The van der Waals surface area contributed by atoms with E-state index in [-0.39, 0.29) is 6.54 Å². The summed E-state index contributed by atoms with van der Waals surface area (Å²) in [6.07, 6.45) is 1.64. The van der Waals surface area contributed by atoms with Crippen molar-refractivity contribution in [2.75, 3.05) is 0 Å². The highest BCUT2D eigenvalue weighted by Gasteiger charge is 2.12. The molecule has 16 heavy (non-hydrogen) atoms. The molecule has 0 saturated carbocycles. The normalized spacial score (nSPS) is 11.1. The van der Waals surface area contributed by atoms with Gasteiger partial charge in [-0.2, -0.15) is 4.98 Å². The van der Waals surface area contributed by atoms with Gasteiger partial charge in [-0.05, 0) is 12.1 Å². The maximum absolute atomic E-state index is 5.41. The molecule has 3 rings (SSSR count). The number of rotatable bonds is 2. The Hall–Kier alpha value is -2.14. The summed E-state index contributed by atoms with van der Waals surface area (Å²) in [7, 11) is 0. The Balaban J connectivity index is 2.21. The monoisotopic (exact) mass is 215 g/mol. The highest BCUT2D eigenvalue weighted by molar-refractivity contribution is 5.90. The summed E-state index contributed by atoms with van der Waals surface area (Å²) in [5.41, 5.74) is 6.98. The van der Waals surface area contributed by atoms with Crippen LogP contribution in [0.25, 0.3) is 22.4 Å². The van der Waals surface area contributed by atoms with Gasteiger partial charge in [-0.15, -0.1) is 0 Å². The number of hydrogen-bond donors (Lipinski definition) is 1. The van der Waals surface area contributed by atoms with Crippen LogP contribution in [0.2, 0.25) is 0 Å². The standard InChI is InChI=1S/C11H9N3O2/c12-6-9-13-11(14-16-9)8-3-1-2-7-4-5-15-10(7)8/h1-5H,6,12H2. The second kappa shape index (κ2) is 3.46. The van der Waals surface area contributed by atoms with Crippen LogP contribution in [0.5, 0.6) is 0 Å². The largest absolute Gasteiger partial charge is 0.464 e. The fraction of sp³-hybridized carbons (Fsp3) is 0.0909. The van der Waals surface area contributed by atoms with E-state index < -0.39 is 0 Å². The van der Waals surface area contributed by atoms with E-state index >= 15 is 0 Å². The number of hydrogen-bond acceptors (Lipinski definition) is 5. The van der Waals surface area contributed by atoms with Gasteiger partial charge >= 0.3 is 0 Å². The van der Waals surface area contributed by atoms with E-state index in [4.69, 9.17) is 14.7 Å². The van der Waals surface area contributed by atoms with E-state index in [1.807, 2.05) is 24.3 Å². The second-order valence-electron chi connectivity index (χ2n) is 3.36. The molecule has 2 heterocycles. The number of benzene rings is 1. The Morgan fingerprint density at radius 1 is 1.25 bits per heavy atom. The zero-order valence-corrected chi connectivity index (χ0v) is 8.38. The Kier molecular flexibility index (Phi) is 1.97. The summed E-state index contributed by atoms with van der Waals surface area (Å²) >= 11 is 0. The van der Waals surface area contributed by atoms with E-state index in [0.29, 0.717) is 11.7 Å². The van der Waals surface area contributed by atoms with Gasteiger partial charge in [-0.1, -0.05) is 17.3 Å². The number of nitrogens with zero attached hydrogens (tertiary/aromatic N) is 2. The predicted octanol–water partition coefficient (Wildman–Crippen LogP) is 1.94. The van der Waals surface area contributed by atoms with Crippen molar-refractivity contribution in [1.29, 1.82) is 0 Å². The van der Waals surface area contributed by atoms with Gasteiger partial charge in [0.15, 0.2) is 0 Å². The molecule has 0 aliphatic carbocycles. The van der Waals surface area contributed by atoms with Gasteiger partial charge in [-0.25, -0.2) is 0 Å². The Labute approximate surface area is 90.9 Å². The van der Waals surface area contributed by atoms with Crippen molar-refractivity contribution in [3.8, 4) is 11.4 Å². The predicted molar refractivity (Wildman–Crippen MR) is 57.4 cm³/mol. The van der Waals surface area contributed by atoms with E-state index in [2.05, 4.69) is 10.1 Å². The van der Waals surface area contributed by atoms with Crippen LogP contribution in [0.15, 0.2) is 39.5 Å². The van der Waals surface area contributed by atoms with Crippen LogP contribution in [-0.4, -0.2) is 10.1 Å². The number of furan rings is 1. The van der Waals surface area contributed by atoms with Gasteiger partial charge in [0.05, 0.1) is 18.4 Å². The van der Waals surface area contributed by atoms with Crippen LogP contribution in [0, 0.1) is 0 Å². The van der Waals surface area contributed by atoms with Gasteiger partial charge in [0.2, 0.25) is 11.7 Å². The first-order valence-corrected chi connectivity index (χ1v) is 4.88. The highest BCUT2D eigenvalue weighted by Crippen LogP contribution is 2.27. The van der Waals surface area contributed by atoms with E-state index in [0.717, 1.165) is 16.5 Å². The second-order valence-corrected chi connectivity index (χ2v) is 3.36. The van der Waals surface area contributed by atoms with Crippen molar-refractivity contribution in [3.63, 3.8) is 0 Å². The number of para-hydroxylation sites is 1. The molecular formula is C11H9N3O2. The molecule has 2 aromatic heterocycles. The quantitative estimate of drug-likeness (QED) is 0.706. The van der Waals surface area contributed by atoms with Crippen molar-refractivity contribution < 1.29 is 8.94 Å². The summed E-state index contributed by atoms with van der Waals surface area (Å²) in [5.74, 6) is 0.916. The number of aromatic nitrogens is 2. The molecule has 0 spiro atoms. The molecule has 0 atom stereocenters. The first kappa shape index (κ1) is 9.11. The molecule has 0 bridgehead atoms. The zero-order valence-electron chi connectivity index (χ0n) is 8.38. The lowest BCUT2D eigenvalue weighted by Gasteiger charge is -1.94. The maximum atomic E-state index is 5.41. The van der Waals surface area contributed by atoms with Crippen molar-refractivity contribution in [2.45, 2.75) is 6.54 Å². The van der Waals surface area contributed by atoms with Crippen LogP contribution in [-0.2, 0) is 6.54 Å². The first-order valence-electron chi connectivity index (χ1n) is 4.88. The Bertz CT molecular complexity index is 627. The molecule has 1 aromatic carbocycles. The van der Waals surface area contributed by atoms with Crippen LogP contribution < -0.4 is 5.73 Å². The fourth-order valence-electron chi connectivity index (χ4n) is 1.62. The molecule has 80 valence electrons. The Morgan fingerprint density at radius 2 is 2.19 bits per heavy atom. The minimum absolute atomic E-state index is 0.237. The van der Waals surface area contributed by atoms with Gasteiger partial charge in [0, 0.05) is 5.39 Å². The average Bonchev–Trinajstić information content (AvgIpc) is 2.97. The summed E-state index contributed by atoms with van der Waals surface area (Å²) < 4.78 is 10.4. The van der Waals surface area contributed by atoms with Gasteiger partial charge in [-0.3, -0.25) is 0 Å². The lowest BCUT2D eigenvalue weighted by molar-refractivity contribution is 0.380. The lowest BCUT2D eigenvalue weighted by atomic mass is 10.1. The third-order valence-corrected chi connectivity index (χ3v) is 2.36. The van der Waals surface area contributed by atoms with E-state index in [1.54, 1.807) is 6.26 Å². The van der Waals surface area contributed by atoms with Gasteiger partial charge < -0.3 is 14.7 Å². The SMILES string of the molecule is NCc1nc(-c2cccc3ccoc23)no1. The summed E-state index contributed by atoms with van der Waals surface area (Å²) in [4.78, 5) is 4.17. The van der Waals surface area contributed by atoms with E-state index in [9.17, 15) is 0 Å². The highest BCUT2D eigenvalue weighted by atomic mass is 16.5. The van der Waals surface area contributed by atoms with Crippen LogP contribution in [0.1, 0.15) is 5.89 Å². The summed E-state index contributed by atoms with van der Waals surface area (Å²) in [5, 5.41) is 4.87. The molecule has 2 N–H and O–H groups in total. The minimum atomic E-state index is 0.237. The fourth-order valence-corrected chi connectivity index (χ4v) is 1.62. The average molecular weight is 215 g/mol. The van der Waals surface area contributed by atoms with Gasteiger partial charge in [0.1, 0.15) is 5.58 Å². The molecule has 3 aromatic rings.